The number of aromatic nitrogens is 2. The third kappa shape index (κ3) is 2.94. The average Bonchev–Trinajstić information content (AvgIpc) is 3.20. The molecule has 2 aromatic rings. The number of nitrogens with zero attached hydrogens (tertiary/aromatic N) is 3. The molecule has 0 aliphatic carbocycles. The van der Waals surface area contributed by atoms with Gasteiger partial charge in [0.1, 0.15) is 12.4 Å². The summed E-state index contributed by atoms with van der Waals surface area (Å²) in [5.41, 5.74) is 1.03. The molecule has 0 aromatic carbocycles. The maximum absolute atomic E-state index is 14.1. The van der Waals surface area contributed by atoms with Gasteiger partial charge in [0.15, 0.2) is 0 Å². The molecule has 0 radical (unpaired) electrons. The molecule has 3 heterocycles. The largest absolute Gasteiger partial charge is 0.470 e. The van der Waals surface area contributed by atoms with E-state index in [9.17, 15) is 9.18 Å². The zero-order valence-corrected chi connectivity index (χ0v) is 13.0. The molecule has 1 saturated heterocycles. The van der Waals surface area contributed by atoms with Crippen LogP contribution in [0.5, 0.6) is 5.88 Å². The van der Waals surface area contributed by atoms with Crippen LogP contribution in [-0.4, -0.2) is 40.0 Å². The van der Waals surface area contributed by atoms with E-state index in [0.29, 0.717) is 37.2 Å². The van der Waals surface area contributed by atoms with Crippen molar-refractivity contribution in [3.63, 3.8) is 0 Å². The summed E-state index contributed by atoms with van der Waals surface area (Å²) in [7, 11) is 0. The predicted molar refractivity (Wildman–Crippen MR) is 80.6 cm³/mol. The molecule has 1 atom stereocenters. The summed E-state index contributed by atoms with van der Waals surface area (Å²) in [4.78, 5) is 21.7. The highest BCUT2D eigenvalue weighted by Crippen LogP contribution is 2.22. The van der Waals surface area contributed by atoms with E-state index < -0.39 is 5.82 Å². The molecule has 7 heteroatoms. The van der Waals surface area contributed by atoms with E-state index >= 15 is 0 Å². The molecular formula is C15H16FN3O2S. The summed E-state index contributed by atoms with van der Waals surface area (Å²) in [6, 6.07) is 1.80. The maximum atomic E-state index is 14.1. The molecule has 1 aliphatic rings. The van der Waals surface area contributed by atoms with Gasteiger partial charge in [-0.25, -0.2) is 4.98 Å². The molecule has 3 rings (SSSR count). The van der Waals surface area contributed by atoms with Gasteiger partial charge in [-0.05, 0) is 17.9 Å². The molecule has 0 N–H and O–H groups in total. The lowest BCUT2D eigenvalue weighted by Gasteiger charge is -2.16. The van der Waals surface area contributed by atoms with Crippen LogP contribution >= 0.6 is 11.3 Å². The van der Waals surface area contributed by atoms with Crippen LogP contribution in [0, 0.1) is 5.82 Å². The fourth-order valence-electron chi connectivity index (χ4n) is 2.45. The number of hydrogen-bond donors (Lipinski definition) is 0. The van der Waals surface area contributed by atoms with E-state index in [1.165, 1.54) is 17.7 Å². The fraction of sp³-hybridized carbons (Fsp3) is 0.400. The molecule has 5 nitrogen and oxygen atoms in total. The molecule has 0 unspecified atom stereocenters. The van der Waals surface area contributed by atoms with Crippen molar-refractivity contribution in [3.8, 4) is 5.88 Å². The highest BCUT2D eigenvalue weighted by atomic mass is 32.1. The fourth-order valence-corrected chi connectivity index (χ4v) is 3.08. The van der Waals surface area contributed by atoms with Gasteiger partial charge < -0.3 is 9.64 Å². The zero-order chi connectivity index (χ0) is 15.5. The summed E-state index contributed by atoms with van der Waals surface area (Å²) < 4.78 is 19.7. The molecule has 1 fully saturated rings. The Bertz CT molecular complexity index is 663. The van der Waals surface area contributed by atoms with Gasteiger partial charge in [-0.15, -0.1) is 0 Å². The summed E-state index contributed by atoms with van der Waals surface area (Å²) in [5, 5.41) is 3.70. The van der Waals surface area contributed by atoms with Crippen molar-refractivity contribution in [2.24, 2.45) is 0 Å². The topological polar surface area (TPSA) is 55.3 Å². The van der Waals surface area contributed by atoms with E-state index in [0.717, 1.165) is 0 Å². The number of carbonyl (C=O) groups is 1. The minimum atomic E-state index is -0.507. The lowest BCUT2D eigenvalue weighted by Crippen LogP contribution is -2.30. The van der Waals surface area contributed by atoms with Gasteiger partial charge in [0.05, 0.1) is 17.8 Å². The number of ether oxygens (including phenoxy) is 1. The van der Waals surface area contributed by atoms with E-state index in [1.54, 1.807) is 11.0 Å². The summed E-state index contributed by atoms with van der Waals surface area (Å²) in [6.07, 6.45) is 2.22. The average molecular weight is 321 g/mol. The quantitative estimate of drug-likeness (QED) is 0.868. The standard InChI is InChI=1S/C15H16FN3O2S/c1-2-12-13(16)14(18-9-17-12)21-11-3-5-19(7-11)15(20)10-4-6-22-8-10/h4,6,8-9,11H,2-3,5,7H2,1H3/t11-/m0/s1. The van der Waals surface area contributed by atoms with Gasteiger partial charge in [0, 0.05) is 18.3 Å². The number of carbonyl (C=O) groups excluding carboxylic acids is 1. The van der Waals surface area contributed by atoms with Crippen molar-refractivity contribution < 1.29 is 13.9 Å². The van der Waals surface area contributed by atoms with Crippen LogP contribution in [0.1, 0.15) is 29.4 Å². The monoisotopic (exact) mass is 321 g/mol. The van der Waals surface area contributed by atoms with Crippen molar-refractivity contribution in [3.05, 3.63) is 40.2 Å². The van der Waals surface area contributed by atoms with E-state index in [2.05, 4.69) is 9.97 Å². The number of thiophene rings is 1. The molecule has 0 bridgehead atoms. The lowest BCUT2D eigenvalue weighted by atomic mass is 10.3. The molecule has 1 amide bonds. The van der Waals surface area contributed by atoms with Crippen molar-refractivity contribution in [1.82, 2.24) is 14.9 Å². The normalized spacial score (nSPS) is 17.7. The second-order valence-corrected chi connectivity index (χ2v) is 5.86. The Morgan fingerprint density at radius 1 is 1.55 bits per heavy atom. The Balaban J connectivity index is 1.65. The highest BCUT2D eigenvalue weighted by molar-refractivity contribution is 7.08. The first-order chi connectivity index (χ1) is 10.7. The zero-order valence-electron chi connectivity index (χ0n) is 12.2. The predicted octanol–water partition coefficient (Wildman–Crippen LogP) is 2.53. The Labute approximate surface area is 131 Å². The van der Waals surface area contributed by atoms with Crippen LogP contribution in [0.25, 0.3) is 0 Å². The number of rotatable bonds is 4. The van der Waals surface area contributed by atoms with Gasteiger partial charge >= 0.3 is 0 Å². The first-order valence-corrected chi connectivity index (χ1v) is 8.10. The molecular weight excluding hydrogens is 305 g/mol. The van der Waals surface area contributed by atoms with Crippen LogP contribution in [0.3, 0.4) is 0 Å². The molecule has 116 valence electrons. The summed E-state index contributed by atoms with van der Waals surface area (Å²) in [5.74, 6) is -0.543. The van der Waals surface area contributed by atoms with Gasteiger partial charge in [-0.3, -0.25) is 4.79 Å². The SMILES string of the molecule is CCc1ncnc(O[C@H]2CCN(C(=O)c3ccsc3)C2)c1F. The van der Waals surface area contributed by atoms with Crippen molar-refractivity contribution in [2.75, 3.05) is 13.1 Å². The van der Waals surface area contributed by atoms with Crippen molar-refractivity contribution >= 4 is 17.2 Å². The van der Waals surface area contributed by atoms with Crippen LogP contribution in [0.15, 0.2) is 23.2 Å². The number of amides is 1. The third-order valence-electron chi connectivity index (χ3n) is 3.64. The number of likely N-dealkylation sites (tertiary alicyclic amines) is 1. The number of halogens is 1. The number of aryl methyl sites for hydroxylation is 1. The second kappa shape index (κ2) is 6.39. The first-order valence-electron chi connectivity index (χ1n) is 7.16. The number of hydrogen-bond acceptors (Lipinski definition) is 5. The molecule has 2 aromatic heterocycles. The molecule has 22 heavy (non-hydrogen) atoms. The molecule has 0 saturated carbocycles. The Kier molecular flexibility index (Phi) is 4.33. The van der Waals surface area contributed by atoms with Crippen LogP contribution in [-0.2, 0) is 6.42 Å². The van der Waals surface area contributed by atoms with Gasteiger partial charge in [0.2, 0.25) is 5.82 Å². The molecule has 0 spiro atoms. The molecule has 1 aliphatic heterocycles. The van der Waals surface area contributed by atoms with Crippen molar-refractivity contribution in [1.29, 1.82) is 0 Å². The van der Waals surface area contributed by atoms with Gasteiger partial charge in [-0.2, -0.15) is 20.7 Å². The van der Waals surface area contributed by atoms with Crippen LogP contribution in [0.2, 0.25) is 0 Å². The smallest absolute Gasteiger partial charge is 0.254 e. The highest BCUT2D eigenvalue weighted by Gasteiger charge is 2.29. The summed E-state index contributed by atoms with van der Waals surface area (Å²) >= 11 is 1.49. The summed E-state index contributed by atoms with van der Waals surface area (Å²) in [6.45, 7) is 2.87. The second-order valence-electron chi connectivity index (χ2n) is 5.08. The van der Waals surface area contributed by atoms with Gasteiger partial charge in [-0.1, -0.05) is 6.92 Å². The van der Waals surface area contributed by atoms with Crippen LogP contribution < -0.4 is 4.74 Å². The minimum Gasteiger partial charge on any atom is -0.470 e. The Morgan fingerprint density at radius 2 is 2.41 bits per heavy atom. The van der Waals surface area contributed by atoms with Crippen LogP contribution in [0.4, 0.5) is 4.39 Å². The third-order valence-corrected chi connectivity index (χ3v) is 4.33. The van der Waals surface area contributed by atoms with E-state index in [-0.39, 0.29) is 17.9 Å². The first kappa shape index (κ1) is 14.9. The van der Waals surface area contributed by atoms with Gasteiger partial charge in [0.25, 0.3) is 11.8 Å². The van der Waals surface area contributed by atoms with Crippen molar-refractivity contribution in [2.45, 2.75) is 25.9 Å². The van der Waals surface area contributed by atoms with E-state index in [1.807, 2.05) is 17.7 Å². The Morgan fingerprint density at radius 3 is 3.14 bits per heavy atom. The minimum absolute atomic E-state index is 0.00948. The Hall–Kier alpha value is -2.02. The van der Waals surface area contributed by atoms with E-state index in [4.69, 9.17) is 4.74 Å². The lowest BCUT2D eigenvalue weighted by molar-refractivity contribution is 0.0770. The maximum Gasteiger partial charge on any atom is 0.254 e.